The van der Waals surface area contributed by atoms with Crippen LogP contribution in [-0.4, -0.2) is 41.5 Å². The van der Waals surface area contributed by atoms with Gasteiger partial charge < -0.3 is 5.32 Å². The van der Waals surface area contributed by atoms with E-state index < -0.39 is 0 Å². The summed E-state index contributed by atoms with van der Waals surface area (Å²) < 4.78 is 4.13. The van der Waals surface area contributed by atoms with Crippen LogP contribution in [0.4, 0.5) is 0 Å². The van der Waals surface area contributed by atoms with Crippen molar-refractivity contribution in [3.8, 4) is 22.0 Å². The molecule has 1 aromatic carbocycles. The molecule has 0 saturated carbocycles. The number of aromatic nitrogens is 6. The summed E-state index contributed by atoms with van der Waals surface area (Å²) in [7, 11) is 1.75. The molecule has 4 heterocycles. The lowest BCUT2D eigenvalue weighted by Crippen LogP contribution is -2.41. The van der Waals surface area contributed by atoms with Crippen LogP contribution in [0.3, 0.4) is 0 Å². The Labute approximate surface area is 187 Å². The summed E-state index contributed by atoms with van der Waals surface area (Å²) >= 11 is 7.53. The van der Waals surface area contributed by atoms with Gasteiger partial charge in [0.15, 0.2) is 5.82 Å². The average molecular weight is 454 g/mol. The molecule has 1 unspecified atom stereocenters. The largest absolute Gasteiger partial charge is 0.347 e. The number of halogens is 1. The number of carbonyl (C=O) groups excluding carboxylic acids is 1. The van der Waals surface area contributed by atoms with Crippen LogP contribution in [0.1, 0.15) is 28.4 Å². The first-order chi connectivity index (χ1) is 15.0. The number of thiazole rings is 1. The molecule has 1 amide bonds. The molecule has 0 saturated heterocycles. The van der Waals surface area contributed by atoms with E-state index in [4.69, 9.17) is 16.6 Å². The highest BCUT2D eigenvalue weighted by atomic mass is 35.5. The number of rotatable bonds is 4. The van der Waals surface area contributed by atoms with Gasteiger partial charge in [0, 0.05) is 31.6 Å². The minimum atomic E-state index is -0.180. The van der Waals surface area contributed by atoms with Crippen molar-refractivity contribution < 1.29 is 4.79 Å². The summed E-state index contributed by atoms with van der Waals surface area (Å²) in [5.41, 5.74) is 2.90. The molecule has 0 radical (unpaired) electrons. The molecule has 4 aromatic rings. The molecule has 158 valence electrons. The molecule has 31 heavy (non-hydrogen) atoms. The van der Waals surface area contributed by atoms with E-state index in [1.165, 1.54) is 11.3 Å². The molecule has 8 nitrogen and oxygen atoms in total. The number of nitrogens with one attached hydrogen (secondary N) is 1. The van der Waals surface area contributed by atoms with Crippen LogP contribution in [0.2, 0.25) is 4.34 Å². The maximum absolute atomic E-state index is 13.1. The van der Waals surface area contributed by atoms with Crippen molar-refractivity contribution in [1.29, 1.82) is 0 Å². The Kier molecular flexibility index (Phi) is 5.07. The molecule has 1 atom stereocenters. The van der Waals surface area contributed by atoms with E-state index in [1.54, 1.807) is 17.9 Å². The second-order valence-electron chi connectivity index (χ2n) is 7.51. The Morgan fingerprint density at radius 2 is 2.06 bits per heavy atom. The number of amides is 1. The highest BCUT2D eigenvalue weighted by Gasteiger charge is 2.27. The van der Waals surface area contributed by atoms with Crippen molar-refractivity contribution in [3.63, 3.8) is 0 Å². The van der Waals surface area contributed by atoms with Crippen LogP contribution in [0.25, 0.3) is 22.0 Å². The Balaban J connectivity index is 1.35. The van der Waals surface area contributed by atoms with Crippen molar-refractivity contribution in [2.75, 3.05) is 0 Å². The van der Waals surface area contributed by atoms with Gasteiger partial charge in [-0.05, 0) is 13.3 Å². The molecule has 0 fully saturated rings. The molecule has 1 aliphatic rings. The van der Waals surface area contributed by atoms with Gasteiger partial charge in [-0.25, -0.2) is 14.6 Å². The molecule has 1 N–H and O–H groups in total. The zero-order valence-corrected chi connectivity index (χ0v) is 18.6. The van der Waals surface area contributed by atoms with Crippen LogP contribution in [0.5, 0.6) is 0 Å². The minimum absolute atomic E-state index is 0.0304. The lowest BCUT2D eigenvalue weighted by molar-refractivity contribution is 0.0921. The summed E-state index contributed by atoms with van der Waals surface area (Å²) in [5, 5.41) is 12.7. The number of aryl methyl sites for hydroxylation is 3. The van der Waals surface area contributed by atoms with Gasteiger partial charge in [0.25, 0.3) is 5.91 Å². The zero-order valence-electron chi connectivity index (χ0n) is 17.0. The quantitative estimate of drug-likeness (QED) is 0.510. The zero-order chi connectivity index (χ0) is 21.5. The fraction of sp³-hybridized carbons (Fsp3) is 0.286. The van der Waals surface area contributed by atoms with Gasteiger partial charge in [-0.2, -0.15) is 10.2 Å². The molecule has 0 spiro atoms. The smallest absolute Gasteiger partial charge is 0.270 e. The summed E-state index contributed by atoms with van der Waals surface area (Å²) in [6, 6.07) is 9.88. The first kappa shape index (κ1) is 19.9. The summed E-state index contributed by atoms with van der Waals surface area (Å²) in [4.78, 5) is 22.3. The molecule has 0 aliphatic carbocycles. The van der Waals surface area contributed by atoms with Crippen LogP contribution in [0.15, 0.2) is 36.5 Å². The van der Waals surface area contributed by atoms with Crippen molar-refractivity contribution in [2.24, 2.45) is 7.05 Å². The highest BCUT2D eigenvalue weighted by Crippen LogP contribution is 2.33. The van der Waals surface area contributed by atoms with Crippen molar-refractivity contribution in [1.82, 2.24) is 34.8 Å². The standard InChI is InChI=1S/C21H20ClN7OS/c1-12-18(22)31-21(24-12)15-11-23-28(2)17(15)20(30)25-14-8-9-29-16(10-14)26-19(27-29)13-6-4-3-5-7-13/h3-7,11,14H,8-10H2,1-2H3,(H,25,30). The summed E-state index contributed by atoms with van der Waals surface area (Å²) in [6.45, 7) is 2.56. The summed E-state index contributed by atoms with van der Waals surface area (Å²) in [5.74, 6) is 1.41. The molecule has 10 heteroatoms. The van der Waals surface area contributed by atoms with Crippen LogP contribution >= 0.6 is 22.9 Å². The lowest BCUT2D eigenvalue weighted by Gasteiger charge is -2.23. The molecule has 5 rings (SSSR count). The fourth-order valence-electron chi connectivity index (χ4n) is 3.75. The third kappa shape index (κ3) is 3.75. The Morgan fingerprint density at radius 3 is 2.81 bits per heavy atom. The molecule has 1 aliphatic heterocycles. The average Bonchev–Trinajstić information content (AvgIpc) is 3.45. The Hall–Kier alpha value is -3.04. The number of hydrogen-bond acceptors (Lipinski definition) is 6. The Bertz CT molecular complexity index is 1240. The van der Waals surface area contributed by atoms with Crippen molar-refractivity contribution in [3.05, 3.63) is 58.1 Å². The lowest BCUT2D eigenvalue weighted by atomic mass is 10.1. The molecular formula is C21H20ClN7OS. The number of hydrogen-bond donors (Lipinski definition) is 1. The maximum atomic E-state index is 13.1. The number of fused-ring (bicyclic) bond motifs is 1. The van der Waals surface area contributed by atoms with E-state index in [-0.39, 0.29) is 11.9 Å². The third-order valence-corrected chi connectivity index (χ3v) is 6.84. The van der Waals surface area contributed by atoms with E-state index in [1.807, 2.05) is 41.9 Å². The maximum Gasteiger partial charge on any atom is 0.270 e. The monoisotopic (exact) mass is 453 g/mol. The van der Waals surface area contributed by atoms with E-state index >= 15 is 0 Å². The van der Waals surface area contributed by atoms with Crippen LogP contribution in [-0.2, 0) is 20.0 Å². The van der Waals surface area contributed by atoms with Gasteiger partial charge in [0.2, 0.25) is 0 Å². The van der Waals surface area contributed by atoms with Gasteiger partial charge in [-0.1, -0.05) is 41.9 Å². The van der Waals surface area contributed by atoms with Gasteiger partial charge in [-0.3, -0.25) is 9.48 Å². The van der Waals surface area contributed by atoms with Crippen LogP contribution in [0, 0.1) is 6.92 Å². The van der Waals surface area contributed by atoms with E-state index in [9.17, 15) is 4.79 Å². The van der Waals surface area contributed by atoms with Gasteiger partial charge in [0.1, 0.15) is 20.9 Å². The topological polar surface area (TPSA) is 90.5 Å². The number of carbonyl (C=O) groups is 1. The minimum Gasteiger partial charge on any atom is -0.347 e. The Morgan fingerprint density at radius 1 is 1.26 bits per heavy atom. The predicted octanol–water partition coefficient (Wildman–Crippen LogP) is 3.51. The van der Waals surface area contributed by atoms with Gasteiger partial charge in [0.05, 0.1) is 17.5 Å². The second-order valence-corrected chi connectivity index (χ2v) is 9.11. The van der Waals surface area contributed by atoms with Gasteiger partial charge >= 0.3 is 0 Å². The van der Waals surface area contributed by atoms with Crippen molar-refractivity contribution >= 4 is 28.8 Å². The molecule has 0 bridgehead atoms. The van der Waals surface area contributed by atoms with E-state index in [0.29, 0.717) is 39.4 Å². The second kappa shape index (κ2) is 7.90. The SMILES string of the molecule is Cc1nc(-c2cnn(C)c2C(=O)NC2CCn3nc(-c4ccccc4)nc3C2)sc1Cl. The van der Waals surface area contributed by atoms with Gasteiger partial charge in [-0.15, -0.1) is 11.3 Å². The predicted molar refractivity (Wildman–Crippen MR) is 119 cm³/mol. The normalized spacial score (nSPS) is 15.6. The number of nitrogens with zero attached hydrogens (tertiary/aromatic N) is 6. The summed E-state index contributed by atoms with van der Waals surface area (Å²) in [6.07, 6.45) is 3.07. The molecular weight excluding hydrogens is 434 g/mol. The molecule has 3 aromatic heterocycles. The first-order valence-corrected chi connectivity index (χ1v) is 11.1. The third-order valence-electron chi connectivity index (χ3n) is 5.36. The van der Waals surface area contributed by atoms with E-state index in [2.05, 4.69) is 20.5 Å². The fourth-order valence-corrected chi connectivity index (χ4v) is 4.81. The van der Waals surface area contributed by atoms with Crippen molar-refractivity contribution in [2.45, 2.75) is 32.4 Å². The highest BCUT2D eigenvalue weighted by molar-refractivity contribution is 7.19. The number of benzene rings is 1. The van der Waals surface area contributed by atoms with Crippen LogP contribution < -0.4 is 5.32 Å². The van der Waals surface area contributed by atoms with E-state index in [0.717, 1.165) is 23.5 Å². The first-order valence-electron chi connectivity index (χ1n) is 9.95.